The van der Waals surface area contributed by atoms with Crippen molar-refractivity contribution in [3.8, 4) is 17.0 Å². The van der Waals surface area contributed by atoms with Crippen molar-refractivity contribution in [1.82, 2.24) is 14.6 Å². The molecule has 4 aromatic rings. The third kappa shape index (κ3) is 3.10. The van der Waals surface area contributed by atoms with Crippen LogP contribution in [0.15, 0.2) is 66.7 Å². The predicted molar refractivity (Wildman–Crippen MR) is 99.3 cm³/mol. The SMILES string of the molecule is COc1ccc(-c2ccccc2)n2nc(NC(=O)c3ccccc3F)nc12. The van der Waals surface area contributed by atoms with Crippen LogP contribution in [0, 0.1) is 5.82 Å². The van der Waals surface area contributed by atoms with Gasteiger partial charge in [0.25, 0.3) is 5.91 Å². The number of fused-ring (bicyclic) bond motifs is 1. The van der Waals surface area contributed by atoms with Crippen LogP contribution < -0.4 is 10.1 Å². The minimum atomic E-state index is -0.621. The highest BCUT2D eigenvalue weighted by Crippen LogP contribution is 2.27. The van der Waals surface area contributed by atoms with Crippen molar-refractivity contribution >= 4 is 17.5 Å². The quantitative estimate of drug-likeness (QED) is 0.600. The molecule has 1 N–H and O–H groups in total. The van der Waals surface area contributed by atoms with Gasteiger partial charge < -0.3 is 4.74 Å². The van der Waals surface area contributed by atoms with Crippen LogP contribution in [0.25, 0.3) is 16.9 Å². The fourth-order valence-corrected chi connectivity index (χ4v) is 2.79. The van der Waals surface area contributed by atoms with Crippen LogP contribution in [0.1, 0.15) is 10.4 Å². The molecule has 134 valence electrons. The highest BCUT2D eigenvalue weighted by molar-refractivity contribution is 6.03. The number of ether oxygens (including phenoxy) is 1. The van der Waals surface area contributed by atoms with E-state index in [0.717, 1.165) is 11.3 Å². The summed E-state index contributed by atoms with van der Waals surface area (Å²) in [5.74, 6) is -0.663. The number of halogens is 1. The van der Waals surface area contributed by atoms with Crippen LogP contribution in [0.4, 0.5) is 10.3 Å². The molecule has 0 aliphatic heterocycles. The second-order valence-electron chi connectivity index (χ2n) is 5.76. The minimum Gasteiger partial charge on any atom is -0.493 e. The van der Waals surface area contributed by atoms with E-state index >= 15 is 0 Å². The monoisotopic (exact) mass is 362 g/mol. The Balaban J connectivity index is 1.77. The van der Waals surface area contributed by atoms with Crippen LogP contribution in [0.2, 0.25) is 0 Å². The average Bonchev–Trinajstić information content (AvgIpc) is 3.11. The van der Waals surface area contributed by atoms with Crippen LogP contribution in [-0.4, -0.2) is 27.6 Å². The van der Waals surface area contributed by atoms with Crippen molar-refractivity contribution in [3.05, 3.63) is 78.1 Å². The first-order valence-corrected chi connectivity index (χ1v) is 8.22. The highest BCUT2D eigenvalue weighted by Gasteiger charge is 2.17. The number of carbonyl (C=O) groups excluding carboxylic acids is 1. The number of nitrogens with one attached hydrogen (secondary N) is 1. The molecule has 0 atom stereocenters. The molecule has 0 bridgehead atoms. The van der Waals surface area contributed by atoms with E-state index in [1.54, 1.807) is 16.6 Å². The summed E-state index contributed by atoms with van der Waals surface area (Å²) in [5.41, 5.74) is 2.08. The maximum absolute atomic E-state index is 13.8. The molecule has 0 saturated carbocycles. The summed E-state index contributed by atoms with van der Waals surface area (Å²) >= 11 is 0. The lowest BCUT2D eigenvalue weighted by Gasteiger charge is -2.06. The molecule has 7 heteroatoms. The molecule has 4 rings (SSSR count). The Hall–Kier alpha value is -3.74. The normalized spacial score (nSPS) is 10.7. The van der Waals surface area contributed by atoms with E-state index < -0.39 is 11.7 Å². The molecule has 0 fully saturated rings. The first-order chi connectivity index (χ1) is 13.2. The van der Waals surface area contributed by atoms with E-state index in [4.69, 9.17) is 4.74 Å². The number of anilines is 1. The van der Waals surface area contributed by atoms with E-state index in [1.807, 2.05) is 36.4 Å². The smallest absolute Gasteiger partial charge is 0.261 e. The Bertz CT molecular complexity index is 1130. The van der Waals surface area contributed by atoms with Crippen LogP contribution in [0.5, 0.6) is 5.75 Å². The minimum absolute atomic E-state index is 0.0601. The molecule has 27 heavy (non-hydrogen) atoms. The number of carbonyl (C=O) groups is 1. The Morgan fingerprint density at radius 1 is 1.04 bits per heavy atom. The largest absolute Gasteiger partial charge is 0.493 e. The third-order valence-corrected chi connectivity index (χ3v) is 4.08. The molecule has 6 nitrogen and oxygen atoms in total. The molecule has 2 heterocycles. The molecule has 0 aliphatic carbocycles. The van der Waals surface area contributed by atoms with Crippen LogP contribution in [-0.2, 0) is 0 Å². The number of hydrogen-bond donors (Lipinski definition) is 1. The van der Waals surface area contributed by atoms with Crippen molar-refractivity contribution < 1.29 is 13.9 Å². The van der Waals surface area contributed by atoms with Gasteiger partial charge in [0.05, 0.1) is 18.4 Å². The average molecular weight is 362 g/mol. The number of pyridine rings is 1. The molecule has 1 amide bonds. The molecule has 2 aromatic carbocycles. The first-order valence-electron chi connectivity index (χ1n) is 8.22. The number of aromatic nitrogens is 3. The van der Waals surface area contributed by atoms with Gasteiger partial charge in [-0.3, -0.25) is 10.1 Å². The third-order valence-electron chi connectivity index (χ3n) is 4.08. The number of hydrogen-bond acceptors (Lipinski definition) is 4. The molecular formula is C20H15FN4O2. The lowest BCUT2D eigenvalue weighted by atomic mass is 10.1. The van der Waals surface area contributed by atoms with Gasteiger partial charge in [-0.05, 0) is 24.3 Å². The molecule has 0 saturated heterocycles. The summed E-state index contributed by atoms with van der Waals surface area (Å²) in [5, 5.41) is 6.90. The maximum Gasteiger partial charge on any atom is 0.261 e. The summed E-state index contributed by atoms with van der Waals surface area (Å²) < 4.78 is 20.8. The molecule has 2 aromatic heterocycles. The zero-order valence-electron chi connectivity index (χ0n) is 14.4. The number of rotatable bonds is 4. The second kappa shape index (κ2) is 6.87. The fourth-order valence-electron chi connectivity index (χ4n) is 2.79. The van der Waals surface area contributed by atoms with Crippen molar-refractivity contribution in [2.24, 2.45) is 0 Å². The standard InChI is InChI=1S/C20H15FN4O2/c1-27-17-12-11-16(13-7-3-2-4-8-13)25-18(17)22-20(24-25)23-19(26)14-9-5-6-10-15(14)21/h2-12H,1H3,(H,23,24,26). The van der Waals surface area contributed by atoms with Crippen molar-refractivity contribution in [2.45, 2.75) is 0 Å². The number of methoxy groups -OCH3 is 1. The van der Waals surface area contributed by atoms with Crippen molar-refractivity contribution in [2.75, 3.05) is 12.4 Å². The van der Waals surface area contributed by atoms with Crippen LogP contribution >= 0.6 is 0 Å². The molecule has 0 aliphatic rings. The van der Waals surface area contributed by atoms with E-state index in [2.05, 4.69) is 15.4 Å². The Morgan fingerprint density at radius 3 is 2.52 bits per heavy atom. The lowest BCUT2D eigenvalue weighted by molar-refractivity contribution is 0.102. The fraction of sp³-hybridized carbons (Fsp3) is 0.0500. The molecule has 0 radical (unpaired) electrons. The topological polar surface area (TPSA) is 68.5 Å². The van der Waals surface area contributed by atoms with Crippen molar-refractivity contribution in [3.63, 3.8) is 0 Å². The van der Waals surface area contributed by atoms with Gasteiger partial charge in [0.1, 0.15) is 5.82 Å². The summed E-state index contributed by atoms with van der Waals surface area (Å²) in [4.78, 5) is 16.7. The van der Waals surface area contributed by atoms with Gasteiger partial charge in [0.15, 0.2) is 11.4 Å². The van der Waals surface area contributed by atoms with Crippen molar-refractivity contribution in [1.29, 1.82) is 0 Å². The summed E-state index contributed by atoms with van der Waals surface area (Å²) in [7, 11) is 1.53. The Kier molecular flexibility index (Phi) is 4.25. The first kappa shape index (κ1) is 16.7. The van der Waals surface area contributed by atoms with Gasteiger partial charge >= 0.3 is 0 Å². The number of nitrogens with zero attached hydrogens (tertiary/aromatic N) is 3. The summed E-state index contributed by atoms with van der Waals surface area (Å²) in [6, 6.07) is 19.0. The second-order valence-corrected chi connectivity index (χ2v) is 5.76. The maximum atomic E-state index is 13.8. The molecule has 0 unspecified atom stereocenters. The summed E-state index contributed by atoms with van der Waals surface area (Å²) in [6.07, 6.45) is 0. The highest BCUT2D eigenvalue weighted by atomic mass is 19.1. The number of amides is 1. The van der Waals surface area contributed by atoms with E-state index in [0.29, 0.717) is 11.4 Å². The van der Waals surface area contributed by atoms with Gasteiger partial charge in [-0.25, -0.2) is 8.91 Å². The van der Waals surface area contributed by atoms with Gasteiger partial charge in [-0.15, -0.1) is 5.10 Å². The Labute approximate surface area is 154 Å². The van der Waals surface area contributed by atoms with E-state index in [-0.39, 0.29) is 11.5 Å². The zero-order valence-corrected chi connectivity index (χ0v) is 14.4. The van der Waals surface area contributed by atoms with Gasteiger partial charge in [0.2, 0.25) is 5.95 Å². The van der Waals surface area contributed by atoms with Gasteiger partial charge in [0, 0.05) is 5.56 Å². The molecule has 0 spiro atoms. The zero-order chi connectivity index (χ0) is 18.8. The lowest BCUT2D eigenvalue weighted by Crippen LogP contribution is -2.14. The Morgan fingerprint density at radius 2 is 1.78 bits per heavy atom. The number of benzene rings is 2. The predicted octanol–water partition coefficient (Wildman–Crippen LogP) is 3.80. The van der Waals surface area contributed by atoms with E-state index in [1.165, 1.54) is 25.3 Å². The van der Waals surface area contributed by atoms with Gasteiger partial charge in [-0.1, -0.05) is 42.5 Å². The van der Waals surface area contributed by atoms with Gasteiger partial charge in [-0.2, -0.15) is 4.98 Å². The van der Waals surface area contributed by atoms with Crippen LogP contribution in [0.3, 0.4) is 0 Å². The molecular weight excluding hydrogens is 347 g/mol. The summed E-state index contributed by atoms with van der Waals surface area (Å²) in [6.45, 7) is 0. The van der Waals surface area contributed by atoms with E-state index in [9.17, 15) is 9.18 Å².